The fourth-order valence-corrected chi connectivity index (χ4v) is 2.65. The van der Waals surface area contributed by atoms with Gasteiger partial charge in [-0.25, -0.2) is 13.4 Å². The quantitative estimate of drug-likeness (QED) is 0.805. The average molecular weight is 236 g/mol. The fraction of sp³-hybridized carbons (Fsp3) is 0.182. The molecule has 1 heterocycles. The summed E-state index contributed by atoms with van der Waals surface area (Å²) in [5.74, 6) is 0.0906. The summed E-state index contributed by atoms with van der Waals surface area (Å²) in [7, 11) is -3.18. The van der Waals surface area contributed by atoms with Crippen molar-refractivity contribution in [1.82, 2.24) is 9.55 Å². The van der Waals surface area contributed by atoms with Gasteiger partial charge in [-0.1, -0.05) is 18.2 Å². The van der Waals surface area contributed by atoms with E-state index < -0.39 is 9.84 Å². The van der Waals surface area contributed by atoms with Gasteiger partial charge in [-0.15, -0.1) is 0 Å². The molecular weight excluding hydrogens is 224 g/mol. The van der Waals surface area contributed by atoms with Crippen LogP contribution in [0.15, 0.2) is 53.9 Å². The molecule has 84 valence electrons. The maximum absolute atomic E-state index is 11.9. The Hall–Kier alpha value is -1.62. The van der Waals surface area contributed by atoms with Crippen LogP contribution in [0.4, 0.5) is 0 Å². The van der Waals surface area contributed by atoms with Crippen LogP contribution in [-0.4, -0.2) is 23.7 Å². The number of nitrogens with zero attached hydrogens (tertiary/aromatic N) is 2. The number of sulfone groups is 1. The van der Waals surface area contributed by atoms with Crippen LogP contribution in [-0.2, 0) is 16.4 Å². The first kappa shape index (κ1) is 10.9. The van der Waals surface area contributed by atoms with Gasteiger partial charge in [-0.3, -0.25) is 0 Å². The molecule has 0 fully saturated rings. The summed E-state index contributed by atoms with van der Waals surface area (Å²) < 4.78 is 25.5. The number of imidazole rings is 1. The molecule has 1 aromatic heterocycles. The van der Waals surface area contributed by atoms with Crippen molar-refractivity contribution in [2.24, 2.45) is 0 Å². The van der Waals surface area contributed by atoms with Crippen LogP contribution < -0.4 is 0 Å². The van der Waals surface area contributed by atoms with E-state index in [0.29, 0.717) is 11.4 Å². The fourth-order valence-electron chi connectivity index (χ4n) is 1.39. The van der Waals surface area contributed by atoms with Crippen molar-refractivity contribution in [2.75, 3.05) is 5.75 Å². The highest BCUT2D eigenvalue weighted by atomic mass is 32.2. The number of benzene rings is 1. The summed E-state index contributed by atoms with van der Waals surface area (Å²) in [4.78, 5) is 4.23. The molecule has 2 aromatic rings. The number of aromatic nitrogens is 2. The molecule has 0 atom stereocenters. The second-order valence-electron chi connectivity index (χ2n) is 3.43. The minimum Gasteiger partial charge on any atom is -0.336 e. The van der Waals surface area contributed by atoms with Crippen molar-refractivity contribution in [3.05, 3.63) is 49.1 Å². The molecule has 0 aliphatic rings. The molecule has 0 bridgehead atoms. The summed E-state index contributed by atoms with van der Waals surface area (Å²) in [6.07, 6.45) is 5.00. The molecule has 0 amide bonds. The van der Waals surface area contributed by atoms with Crippen molar-refractivity contribution in [3.63, 3.8) is 0 Å². The SMILES string of the molecule is O=S(=O)(CCn1ccnc1)c1ccccc1. The molecule has 0 unspecified atom stereocenters. The smallest absolute Gasteiger partial charge is 0.180 e. The lowest BCUT2D eigenvalue weighted by Gasteiger charge is -2.04. The van der Waals surface area contributed by atoms with Gasteiger partial charge in [-0.2, -0.15) is 0 Å². The molecule has 0 saturated carbocycles. The largest absolute Gasteiger partial charge is 0.336 e. The van der Waals surface area contributed by atoms with Gasteiger partial charge >= 0.3 is 0 Å². The van der Waals surface area contributed by atoms with E-state index in [-0.39, 0.29) is 5.75 Å². The van der Waals surface area contributed by atoms with Crippen LogP contribution >= 0.6 is 0 Å². The standard InChI is InChI=1S/C11H12N2O2S/c14-16(15,11-4-2-1-3-5-11)9-8-13-7-6-12-10-13/h1-7,10H,8-9H2. The van der Waals surface area contributed by atoms with Gasteiger partial charge in [0.1, 0.15) is 0 Å². The van der Waals surface area contributed by atoms with Crippen LogP contribution in [0, 0.1) is 0 Å². The molecule has 5 heteroatoms. The van der Waals surface area contributed by atoms with Gasteiger partial charge in [0.05, 0.1) is 17.0 Å². The summed E-state index contributed by atoms with van der Waals surface area (Å²) in [5.41, 5.74) is 0. The van der Waals surface area contributed by atoms with Crippen LogP contribution in [0.2, 0.25) is 0 Å². The normalized spacial score (nSPS) is 11.5. The van der Waals surface area contributed by atoms with Crippen molar-refractivity contribution >= 4 is 9.84 Å². The van der Waals surface area contributed by atoms with Gasteiger partial charge in [0.25, 0.3) is 0 Å². The van der Waals surface area contributed by atoms with Gasteiger partial charge in [0.15, 0.2) is 9.84 Å². The Balaban J connectivity index is 2.10. The van der Waals surface area contributed by atoms with E-state index >= 15 is 0 Å². The van der Waals surface area contributed by atoms with E-state index in [1.165, 1.54) is 0 Å². The first-order valence-corrected chi connectivity index (χ1v) is 6.57. The minimum atomic E-state index is -3.18. The van der Waals surface area contributed by atoms with Crippen molar-refractivity contribution in [2.45, 2.75) is 11.4 Å². The lowest BCUT2D eigenvalue weighted by molar-refractivity contribution is 0.589. The Bertz CT molecular complexity index is 533. The highest BCUT2D eigenvalue weighted by Crippen LogP contribution is 2.10. The summed E-state index contributed by atoms with van der Waals surface area (Å²) >= 11 is 0. The number of hydrogen-bond donors (Lipinski definition) is 0. The predicted octanol–water partition coefficient (Wildman–Crippen LogP) is 1.36. The molecule has 0 saturated heterocycles. The highest BCUT2D eigenvalue weighted by molar-refractivity contribution is 7.91. The average Bonchev–Trinajstić information content (AvgIpc) is 2.81. The van der Waals surface area contributed by atoms with E-state index in [0.717, 1.165) is 0 Å². The summed E-state index contributed by atoms with van der Waals surface area (Å²) in [6.45, 7) is 0.428. The second-order valence-corrected chi connectivity index (χ2v) is 5.54. The third-order valence-electron chi connectivity index (χ3n) is 2.28. The van der Waals surface area contributed by atoms with Crippen molar-refractivity contribution in [3.8, 4) is 0 Å². The van der Waals surface area contributed by atoms with Gasteiger partial charge in [0.2, 0.25) is 0 Å². The molecule has 0 aliphatic heterocycles. The Labute approximate surface area is 94.5 Å². The molecule has 4 nitrogen and oxygen atoms in total. The number of hydrogen-bond acceptors (Lipinski definition) is 3. The highest BCUT2D eigenvalue weighted by Gasteiger charge is 2.13. The molecule has 0 N–H and O–H groups in total. The first-order chi connectivity index (χ1) is 7.68. The molecule has 1 aromatic carbocycles. The molecule has 0 radical (unpaired) electrons. The summed E-state index contributed by atoms with van der Waals surface area (Å²) in [6, 6.07) is 8.48. The van der Waals surface area contributed by atoms with Crippen molar-refractivity contribution in [1.29, 1.82) is 0 Å². The van der Waals surface area contributed by atoms with E-state index in [2.05, 4.69) is 4.98 Å². The van der Waals surface area contributed by atoms with Gasteiger partial charge < -0.3 is 4.57 Å². The predicted molar refractivity (Wildman–Crippen MR) is 60.7 cm³/mol. The third kappa shape index (κ3) is 2.49. The lowest BCUT2D eigenvalue weighted by Crippen LogP contribution is -2.12. The van der Waals surface area contributed by atoms with E-state index in [9.17, 15) is 8.42 Å². The molecule has 0 spiro atoms. The Morgan fingerprint density at radius 1 is 1.19 bits per heavy atom. The Morgan fingerprint density at radius 3 is 2.56 bits per heavy atom. The van der Waals surface area contributed by atoms with E-state index in [4.69, 9.17) is 0 Å². The van der Waals surface area contributed by atoms with Crippen molar-refractivity contribution < 1.29 is 8.42 Å². The first-order valence-electron chi connectivity index (χ1n) is 4.92. The van der Waals surface area contributed by atoms with E-state index in [1.54, 1.807) is 53.6 Å². The zero-order valence-corrected chi connectivity index (χ0v) is 9.47. The van der Waals surface area contributed by atoms with Gasteiger partial charge in [-0.05, 0) is 12.1 Å². The summed E-state index contributed by atoms with van der Waals surface area (Å²) in [5, 5.41) is 0. The topological polar surface area (TPSA) is 52.0 Å². The van der Waals surface area contributed by atoms with E-state index in [1.807, 2.05) is 0 Å². The van der Waals surface area contributed by atoms with Crippen LogP contribution in [0.1, 0.15) is 0 Å². The van der Waals surface area contributed by atoms with Crippen LogP contribution in [0.25, 0.3) is 0 Å². The number of rotatable bonds is 4. The van der Waals surface area contributed by atoms with Crippen LogP contribution in [0.5, 0.6) is 0 Å². The number of aryl methyl sites for hydroxylation is 1. The van der Waals surface area contributed by atoms with Gasteiger partial charge in [0, 0.05) is 18.9 Å². The monoisotopic (exact) mass is 236 g/mol. The second kappa shape index (κ2) is 4.49. The minimum absolute atomic E-state index is 0.0906. The van der Waals surface area contributed by atoms with Crippen LogP contribution in [0.3, 0.4) is 0 Å². The molecule has 0 aliphatic carbocycles. The molecular formula is C11H12N2O2S. The zero-order chi connectivity index (χ0) is 11.4. The maximum Gasteiger partial charge on any atom is 0.180 e. The zero-order valence-electron chi connectivity index (χ0n) is 8.65. The molecule has 16 heavy (non-hydrogen) atoms. The Morgan fingerprint density at radius 2 is 1.94 bits per heavy atom. The Kier molecular flexibility index (Phi) is 3.05. The molecule has 2 rings (SSSR count). The maximum atomic E-state index is 11.9. The third-order valence-corrected chi connectivity index (χ3v) is 3.99. The lowest BCUT2D eigenvalue weighted by atomic mass is 10.4.